The Morgan fingerprint density at radius 2 is 2.44 bits per heavy atom. The van der Waals surface area contributed by atoms with Crippen molar-refractivity contribution in [1.82, 2.24) is 10.3 Å². The summed E-state index contributed by atoms with van der Waals surface area (Å²) < 4.78 is 1.09. The van der Waals surface area contributed by atoms with Gasteiger partial charge in [-0.1, -0.05) is 6.92 Å². The summed E-state index contributed by atoms with van der Waals surface area (Å²) in [5.74, 6) is 1.36. The molecule has 2 aliphatic carbocycles. The molecule has 3 nitrogen and oxygen atoms in total. The number of pyridine rings is 1. The van der Waals surface area contributed by atoms with Gasteiger partial charge in [-0.05, 0) is 45.3 Å². The maximum absolute atomic E-state index is 11.5. The van der Waals surface area contributed by atoms with Crippen molar-refractivity contribution in [1.29, 1.82) is 0 Å². The highest BCUT2D eigenvalue weighted by molar-refractivity contribution is 9.10. The number of nitrogens with zero attached hydrogens (tertiary/aromatic N) is 1. The lowest BCUT2D eigenvalue weighted by Crippen LogP contribution is -2.28. The standard InChI is InChI=1S/C12H13BrN2O/c1-2-10(16)15-12-7-3-6(7)11-8(12)4-14-5-9(11)13/h4-7,12H,2-3H2,1H3,(H,15,16)/t6-,7+,12+/m0/s1. The molecule has 1 heterocycles. The van der Waals surface area contributed by atoms with Crippen LogP contribution in [0.1, 0.15) is 42.9 Å². The number of amides is 1. The van der Waals surface area contributed by atoms with E-state index in [1.165, 1.54) is 17.5 Å². The van der Waals surface area contributed by atoms with Crippen molar-refractivity contribution in [2.45, 2.75) is 31.7 Å². The summed E-state index contributed by atoms with van der Waals surface area (Å²) in [4.78, 5) is 15.7. The molecule has 2 aliphatic rings. The highest BCUT2D eigenvalue weighted by atomic mass is 79.9. The topological polar surface area (TPSA) is 42.0 Å². The van der Waals surface area contributed by atoms with Crippen LogP contribution in [0.5, 0.6) is 0 Å². The third-order valence-corrected chi connectivity index (χ3v) is 4.21. The molecule has 84 valence electrons. The molecule has 0 radical (unpaired) electrons. The second-order valence-electron chi connectivity index (χ2n) is 4.53. The van der Waals surface area contributed by atoms with Crippen LogP contribution in [-0.4, -0.2) is 10.9 Å². The van der Waals surface area contributed by atoms with E-state index in [4.69, 9.17) is 0 Å². The second-order valence-corrected chi connectivity index (χ2v) is 5.38. The van der Waals surface area contributed by atoms with Crippen LogP contribution in [0.2, 0.25) is 0 Å². The van der Waals surface area contributed by atoms with E-state index in [-0.39, 0.29) is 11.9 Å². The fourth-order valence-corrected chi connectivity index (χ4v) is 3.35. The molecular weight excluding hydrogens is 268 g/mol. The maximum atomic E-state index is 11.5. The lowest BCUT2D eigenvalue weighted by atomic mass is 10.1. The summed E-state index contributed by atoms with van der Waals surface area (Å²) in [7, 11) is 0. The molecule has 3 atom stereocenters. The summed E-state index contributed by atoms with van der Waals surface area (Å²) in [5, 5.41) is 3.10. The number of rotatable bonds is 2. The molecule has 1 amide bonds. The van der Waals surface area contributed by atoms with Crippen molar-refractivity contribution in [3.8, 4) is 0 Å². The Hall–Kier alpha value is -0.900. The molecule has 1 aromatic heterocycles. The molecular formula is C12H13BrN2O. The number of hydrogen-bond donors (Lipinski definition) is 1. The van der Waals surface area contributed by atoms with Gasteiger partial charge in [0, 0.05) is 23.3 Å². The molecule has 0 aliphatic heterocycles. The molecule has 0 unspecified atom stereocenters. The van der Waals surface area contributed by atoms with Crippen LogP contribution in [0.3, 0.4) is 0 Å². The molecule has 1 aromatic rings. The fourth-order valence-electron chi connectivity index (χ4n) is 2.70. The zero-order valence-corrected chi connectivity index (χ0v) is 10.6. The number of hydrogen-bond acceptors (Lipinski definition) is 2. The van der Waals surface area contributed by atoms with Gasteiger partial charge in [-0.15, -0.1) is 0 Å². The maximum Gasteiger partial charge on any atom is 0.220 e. The molecule has 0 bridgehead atoms. The lowest BCUT2D eigenvalue weighted by Gasteiger charge is -2.16. The fraction of sp³-hybridized carbons (Fsp3) is 0.500. The van der Waals surface area contributed by atoms with E-state index < -0.39 is 0 Å². The minimum Gasteiger partial charge on any atom is -0.349 e. The predicted octanol–water partition coefficient (Wildman–Crippen LogP) is 2.53. The Morgan fingerprint density at radius 1 is 1.62 bits per heavy atom. The van der Waals surface area contributed by atoms with Crippen LogP contribution in [0.25, 0.3) is 0 Å². The summed E-state index contributed by atoms with van der Waals surface area (Å²) in [6.45, 7) is 1.88. The monoisotopic (exact) mass is 280 g/mol. The summed E-state index contributed by atoms with van der Waals surface area (Å²) >= 11 is 3.55. The van der Waals surface area contributed by atoms with Gasteiger partial charge >= 0.3 is 0 Å². The van der Waals surface area contributed by atoms with Crippen LogP contribution >= 0.6 is 15.9 Å². The minimum atomic E-state index is 0.128. The van der Waals surface area contributed by atoms with Gasteiger partial charge in [0.25, 0.3) is 0 Å². The Kier molecular flexibility index (Phi) is 2.28. The van der Waals surface area contributed by atoms with Crippen LogP contribution < -0.4 is 5.32 Å². The van der Waals surface area contributed by atoms with Gasteiger partial charge in [0.15, 0.2) is 0 Å². The largest absolute Gasteiger partial charge is 0.349 e. The SMILES string of the molecule is CCC(=O)N[C@H]1c2cncc(Br)c2[C@H]2C[C@H]21. The van der Waals surface area contributed by atoms with Gasteiger partial charge < -0.3 is 5.32 Å². The molecule has 1 N–H and O–H groups in total. The average molecular weight is 281 g/mol. The lowest BCUT2D eigenvalue weighted by molar-refractivity contribution is -0.121. The molecule has 3 rings (SSSR count). The predicted molar refractivity (Wildman–Crippen MR) is 64.0 cm³/mol. The Bertz CT molecular complexity index is 460. The Labute approximate surface area is 103 Å². The second kappa shape index (κ2) is 3.55. The first-order valence-corrected chi connectivity index (χ1v) is 6.44. The van der Waals surface area contributed by atoms with Gasteiger partial charge in [-0.2, -0.15) is 0 Å². The van der Waals surface area contributed by atoms with Crippen molar-refractivity contribution >= 4 is 21.8 Å². The van der Waals surface area contributed by atoms with Gasteiger partial charge in [0.05, 0.1) is 6.04 Å². The average Bonchev–Trinajstić information content (AvgIpc) is 2.99. The molecule has 1 fully saturated rings. The van der Waals surface area contributed by atoms with E-state index in [0.29, 0.717) is 18.3 Å². The van der Waals surface area contributed by atoms with Crippen LogP contribution in [0.15, 0.2) is 16.9 Å². The van der Waals surface area contributed by atoms with Crippen molar-refractivity contribution in [2.75, 3.05) is 0 Å². The molecule has 4 heteroatoms. The Morgan fingerprint density at radius 3 is 3.19 bits per heavy atom. The van der Waals surface area contributed by atoms with Crippen molar-refractivity contribution in [2.24, 2.45) is 5.92 Å². The molecule has 0 saturated heterocycles. The van der Waals surface area contributed by atoms with Crippen molar-refractivity contribution < 1.29 is 4.79 Å². The van der Waals surface area contributed by atoms with Crippen molar-refractivity contribution in [3.05, 3.63) is 28.0 Å². The van der Waals surface area contributed by atoms with E-state index in [1.54, 1.807) is 0 Å². The quantitative estimate of drug-likeness (QED) is 0.905. The van der Waals surface area contributed by atoms with E-state index in [0.717, 1.165) is 4.47 Å². The highest BCUT2D eigenvalue weighted by Gasteiger charge is 2.53. The van der Waals surface area contributed by atoms with Crippen LogP contribution in [0, 0.1) is 5.92 Å². The van der Waals surface area contributed by atoms with E-state index in [1.807, 2.05) is 19.3 Å². The minimum absolute atomic E-state index is 0.128. The number of nitrogens with one attached hydrogen (secondary N) is 1. The first kappa shape index (κ1) is 10.3. The number of halogens is 1. The first-order valence-electron chi connectivity index (χ1n) is 5.65. The molecule has 16 heavy (non-hydrogen) atoms. The van der Waals surface area contributed by atoms with E-state index in [9.17, 15) is 4.79 Å². The number of fused-ring (bicyclic) bond motifs is 3. The molecule has 1 saturated carbocycles. The zero-order valence-electron chi connectivity index (χ0n) is 9.03. The summed E-state index contributed by atoms with van der Waals surface area (Å²) in [5.41, 5.74) is 2.57. The van der Waals surface area contributed by atoms with Gasteiger partial charge in [-0.25, -0.2) is 0 Å². The summed E-state index contributed by atoms with van der Waals surface area (Å²) in [6.07, 6.45) is 5.49. The normalized spacial score (nSPS) is 29.5. The number of carbonyl (C=O) groups is 1. The molecule has 0 aromatic carbocycles. The first-order chi connectivity index (χ1) is 7.72. The van der Waals surface area contributed by atoms with E-state index in [2.05, 4.69) is 26.2 Å². The van der Waals surface area contributed by atoms with E-state index >= 15 is 0 Å². The smallest absolute Gasteiger partial charge is 0.220 e. The Balaban J connectivity index is 1.95. The van der Waals surface area contributed by atoms with Crippen LogP contribution in [0.4, 0.5) is 0 Å². The van der Waals surface area contributed by atoms with Gasteiger partial charge in [0.1, 0.15) is 0 Å². The summed E-state index contributed by atoms with van der Waals surface area (Å²) in [6, 6.07) is 0.192. The third-order valence-electron chi connectivity index (χ3n) is 3.58. The number of carbonyl (C=O) groups excluding carboxylic acids is 1. The van der Waals surface area contributed by atoms with Crippen LogP contribution in [-0.2, 0) is 4.79 Å². The number of aromatic nitrogens is 1. The highest BCUT2D eigenvalue weighted by Crippen LogP contribution is 2.62. The van der Waals surface area contributed by atoms with Gasteiger partial charge in [0.2, 0.25) is 5.91 Å². The third kappa shape index (κ3) is 1.39. The molecule has 0 spiro atoms. The van der Waals surface area contributed by atoms with Crippen molar-refractivity contribution in [3.63, 3.8) is 0 Å². The zero-order chi connectivity index (χ0) is 11.3. The van der Waals surface area contributed by atoms with Gasteiger partial charge in [-0.3, -0.25) is 9.78 Å².